The highest BCUT2D eigenvalue weighted by Gasteiger charge is 2.41. The molecule has 2 N–H and O–H groups in total. The van der Waals surface area contributed by atoms with Crippen LogP contribution in [0.5, 0.6) is 0 Å². The van der Waals surface area contributed by atoms with Crippen molar-refractivity contribution in [3.8, 4) is 0 Å². The smallest absolute Gasteiger partial charge is 0.314 e. The number of halogens is 3. The minimum absolute atomic E-state index is 0.0918. The molecule has 0 radical (unpaired) electrons. The highest BCUT2D eigenvalue weighted by molar-refractivity contribution is 5.84. The lowest BCUT2D eigenvalue weighted by Crippen LogP contribution is -2.44. The van der Waals surface area contributed by atoms with Crippen molar-refractivity contribution >= 4 is 5.78 Å². The molecule has 0 bridgehead atoms. The van der Waals surface area contributed by atoms with Gasteiger partial charge >= 0.3 is 6.18 Å². The Morgan fingerprint density at radius 1 is 1.42 bits per heavy atom. The van der Waals surface area contributed by atoms with Crippen LogP contribution in [-0.4, -0.2) is 18.0 Å². The average molecular weight is 183 g/mol. The molecule has 0 aliphatic heterocycles. The largest absolute Gasteiger partial charge is 0.410 e. The molecular formula is C7H12F3NO. The van der Waals surface area contributed by atoms with Crippen LogP contribution in [0.4, 0.5) is 13.2 Å². The fraction of sp³-hybridized carbons (Fsp3) is 0.857. The maximum atomic E-state index is 11.8. The van der Waals surface area contributed by atoms with Gasteiger partial charge in [-0.3, -0.25) is 4.79 Å². The van der Waals surface area contributed by atoms with Gasteiger partial charge in [0.2, 0.25) is 0 Å². The molecule has 1 atom stereocenters. The zero-order valence-corrected chi connectivity index (χ0v) is 6.98. The summed E-state index contributed by atoms with van der Waals surface area (Å²) in [5, 5.41) is 0. The van der Waals surface area contributed by atoms with E-state index in [1.807, 2.05) is 0 Å². The first-order valence-electron chi connectivity index (χ1n) is 3.60. The lowest BCUT2D eigenvalue weighted by Gasteiger charge is -2.14. The first kappa shape index (κ1) is 11.4. The second-order valence-corrected chi connectivity index (χ2v) is 3.08. The van der Waals surface area contributed by atoms with Crippen LogP contribution >= 0.6 is 0 Å². The molecule has 0 aliphatic carbocycles. The molecule has 12 heavy (non-hydrogen) atoms. The van der Waals surface area contributed by atoms with Crippen LogP contribution in [0, 0.1) is 5.92 Å². The summed E-state index contributed by atoms with van der Waals surface area (Å²) in [6.45, 7) is 3.34. The molecule has 0 heterocycles. The Hall–Kier alpha value is -0.580. The summed E-state index contributed by atoms with van der Waals surface area (Å²) in [7, 11) is 0. The number of alkyl halides is 3. The molecule has 0 aliphatic rings. The predicted octanol–water partition coefficient (Wildman–Crippen LogP) is 1.49. The van der Waals surface area contributed by atoms with Crippen molar-refractivity contribution < 1.29 is 18.0 Å². The van der Waals surface area contributed by atoms with E-state index >= 15 is 0 Å². The van der Waals surface area contributed by atoms with Gasteiger partial charge < -0.3 is 5.73 Å². The number of carbonyl (C=O) groups excluding carboxylic acids is 1. The summed E-state index contributed by atoms with van der Waals surface area (Å²) >= 11 is 0. The van der Waals surface area contributed by atoms with Gasteiger partial charge in [-0.1, -0.05) is 13.8 Å². The summed E-state index contributed by atoms with van der Waals surface area (Å²) in [4.78, 5) is 10.8. The molecule has 0 saturated heterocycles. The Balaban J connectivity index is 4.12. The van der Waals surface area contributed by atoms with Gasteiger partial charge in [0.1, 0.15) is 0 Å². The number of nitrogens with two attached hydrogens (primary N) is 1. The highest BCUT2D eigenvalue weighted by Crippen LogP contribution is 2.20. The van der Waals surface area contributed by atoms with Crippen molar-refractivity contribution in [2.75, 3.05) is 0 Å². The third kappa shape index (κ3) is 3.71. The Morgan fingerprint density at radius 2 is 1.83 bits per heavy atom. The number of Topliss-reactive ketones (excluding diaryl/α,β-unsaturated/α-hetero) is 1. The Bertz CT molecular complexity index is 165. The number of ketones is 1. The molecule has 0 rings (SSSR count). The van der Waals surface area contributed by atoms with Gasteiger partial charge in [-0.25, -0.2) is 0 Å². The highest BCUT2D eigenvalue weighted by atomic mass is 19.4. The fourth-order valence-corrected chi connectivity index (χ4v) is 0.712. The molecule has 0 amide bonds. The van der Waals surface area contributed by atoms with Gasteiger partial charge in [0.15, 0.2) is 11.8 Å². The number of hydrogen-bond acceptors (Lipinski definition) is 2. The van der Waals surface area contributed by atoms with E-state index in [2.05, 4.69) is 5.73 Å². The van der Waals surface area contributed by atoms with Crippen LogP contribution in [-0.2, 0) is 4.79 Å². The van der Waals surface area contributed by atoms with Gasteiger partial charge in [0.05, 0.1) is 0 Å². The normalized spacial score (nSPS) is 14.9. The second kappa shape index (κ2) is 3.89. The van der Waals surface area contributed by atoms with Crippen molar-refractivity contribution in [2.45, 2.75) is 32.5 Å². The van der Waals surface area contributed by atoms with Crippen LogP contribution in [0.1, 0.15) is 20.3 Å². The summed E-state index contributed by atoms with van der Waals surface area (Å²) in [5.41, 5.74) is 4.67. The van der Waals surface area contributed by atoms with E-state index in [9.17, 15) is 18.0 Å². The standard InChI is InChI=1S/C7H12F3NO/c1-4(2)3-5(12)6(11)7(8,9)10/h4,6H,3,11H2,1-2H3. The minimum Gasteiger partial charge on any atom is -0.314 e. The zero-order chi connectivity index (χ0) is 9.94. The van der Waals surface area contributed by atoms with Crippen LogP contribution < -0.4 is 5.73 Å². The van der Waals surface area contributed by atoms with Crippen molar-refractivity contribution in [3.63, 3.8) is 0 Å². The number of rotatable bonds is 3. The van der Waals surface area contributed by atoms with E-state index in [-0.39, 0.29) is 12.3 Å². The Kier molecular flexibility index (Phi) is 3.70. The molecule has 0 saturated carbocycles. The quantitative estimate of drug-likeness (QED) is 0.720. The third-order valence-electron chi connectivity index (χ3n) is 1.31. The van der Waals surface area contributed by atoms with Gasteiger partial charge in [-0.05, 0) is 5.92 Å². The van der Waals surface area contributed by atoms with Crippen LogP contribution in [0.2, 0.25) is 0 Å². The first-order chi connectivity index (χ1) is 5.25. The van der Waals surface area contributed by atoms with Gasteiger partial charge in [0.25, 0.3) is 0 Å². The monoisotopic (exact) mass is 183 g/mol. The molecule has 1 unspecified atom stereocenters. The van der Waals surface area contributed by atoms with E-state index in [0.717, 1.165) is 0 Å². The van der Waals surface area contributed by atoms with Crippen molar-refractivity contribution in [1.29, 1.82) is 0 Å². The number of carbonyl (C=O) groups is 1. The molecule has 2 nitrogen and oxygen atoms in total. The lowest BCUT2D eigenvalue weighted by molar-refractivity contribution is -0.161. The fourth-order valence-electron chi connectivity index (χ4n) is 0.712. The van der Waals surface area contributed by atoms with Crippen molar-refractivity contribution in [3.05, 3.63) is 0 Å². The maximum absolute atomic E-state index is 11.8. The minimum atomic E-state index is -4.61. The third-order valence-corrected chi connectivity index (χ3v) is 1.31. The summed E-state index contributed by atoms with van der Waals surface area (Å²) in [5.74, 6) is -1.04. The van der Waals surface area contributed by atoms with E-state index < -0.39 is 18.0 Å². The SMILES string of the molecule is CC(C)CC(=O)C(N)C(F)(F)F. The van der Waals surface area contributed by atoms with E-state index in [1.54, 1.807) is 13.8 Å². The molecule has 72 valence electrons. The van der Waals surface area contributed by atoms with Gasteiger partial charge in [-0.15, -0.1) is 0 Å². The van der Waals surface area contributed by atoms with E-state index in [1.165, 1.54) is 0 Å². The Morgan fingerprint density at radius 3 is 2.08 bits per heavy atom. The van der Waals surface area contributed by atoms with Crippen LogP contribution in [0.3, 0.4) is 0 Å². The molecule has 0 aromatic heterocycles. The Labute approximate surface area is 68.9 Å². The summed E-state index contributed by atoms with van der Waals surface area (Å²) in [6.07, 6.45) is -4.73. The van der Waals surface area contributed by atoms with E-state index in [4.69, 9.17) is 0 Å². The van der Waals surface area contributed by atoms with Gasteiger partial charge in [-0.2, -0.15) is 13.2 Å². The summed E-state index contributed by atoms with van der Waals surface area (Å²) < 4.78 is 35.4. The molecule has 0 aromatic carbocycles. The topological polar surface area (TPSA) is 43.1 Å². The molecule has 0 aromatic rings. The van der Waals surface area contributed by atoms with E-state index in [0.29, 0.717) is 0 Å². The average Bonchev–Trinajstić information content (AvgIpc) is 1.82. The van der Waals surface area contributed by atoms with Gasteiger partial charge in [0, 0.05) is 6.42 Å². The molecule has 0 spiro atoms. The summed E-state index contributed by atoms with van der Waals surface area (Å²) in [6, 6.07) is -2.32. The first-order valence-corrected chi connectivity index (χ1v) is 3.60. The zero-order valence-electron chi connectivity index (χ0n) is 6.98. The predicted molar refractivity (Wildman–Crippen MR) is 38.5 cm³/mol. The second-order valence-electron chi connectivity index (χ2n) is 3.08. The van der Waals surface area contributed by atoms with Crippen molar-refractivity contribution in [2.24, 2.45) is 11.7 Å². The number of hydrogen-bond donors (Lipinski definition) is 1. The molecule has 0 fully saturated rings. The van der Waals surface area contributed by atoms with Crippen LogP contribution in [0.25, 0.3) is 0 Å². The van der Waals surface area contributed by atoms with Crippen LogP contribution in [0.15, 0.2) is 0 Å². The molecule has 5 heteroatoms. The van der Waals surface area contributed by atoms with Crippen molar-refractivity contribution in [1.82, 2.24) is 0 Å². The lowest BCUT2D eigenvalue weighted by atomic mass is 10.0. The molecular weight excluding hydrogens is 171 g/mol. The maximum Gasteiger partial charge on any atom is 0.410 e.